The van der Waals surface area contributed by atoms with Gasteiger partial charge in [0, 0.05) is 33.7 Å². The SMILES string of the molecule is COP(=O)([O-])OC.[Zn]. The van der Waals surface area contributed by atoms with Gasteiger partial charge >= 0.3 is 0 Å². The summed E-state index contributed by atoms with van der Waals surface area (Å²) in [6, 6.07) is 0. The molecule has 0 unspecified atom stereocenters. The first-order chi connectivity index (χ1) is 3.12. The zero-order valence-electron chi connectivity index (χ0n) is 4.79. The summed E-state index contributed by atoms with van der Waals surface area (Å²) < 4.78 is 17.7. The van der Waals surface area contributed by atoms with Crippen molar-refractivity contribution in [1.82, 2.24) is 0 Å². The smallest absolute Gasteiger partial charge is 0.267 e. The molecule has 0 saturated carbocycles. The summed E-state index contributed by atoms with van der Waals surface area (Å²) >= 11 is 0. The molecule has 0 aliphatic rings. The number of hydrogen-bond acceptors (Lipinski definition) is 4. The Kier molecular flexibility index (Phi) is 6.62. The first kappa shape index (κ1) is 11.5. The predicted octanol–water partition coefficient (Wildman–Crippen LogP) is -0.255. The molecule has 0 saturated heterocycles. The summed E-state index contributed by atoms with van der Waals surface area (Å²) in [5, 5.41) is 0. The standard InChI is InChI=1S/C2H7O4P.Zn/c1-5-7(3,4)6-2;/h1-2H3,(H,3,4);/p-1. The Labute approximate surface area is 60.6 Å². The minimum absolute atomic E-state index is 0. The van der Waals surface area contributed by atoms with Crippen LogP contribution in [0, 0.1) is 0 Å². The van der Waals surface area contributed by atoms with E-state index >= 15 is 0 Å². The number of rotatable bonds is 2. The number of phosphoric acid groups is 1. The van der Waals surface area contributed by atoms with Crippen LogP contribution in [0.5, 0.6) is 0 Å². The third-order valence-corrected chi connectivity index (χ3v) is 1.34. The molecule has 0 atom stereocenters. The van der Waals surface area contributed by atoms with E-state index in [0.29, 0.717) is 0 Å². The largest absolute Gasteiger partial charge is 0.756 e. The van der Waals surface area contributed by atoms with Gasteiger partial charge in [-0.3, -0.25) is 4.57 Å². The van der Waals surface area contributed by atoms with Crippen LogP contribution >= 0.6 is 7.82 Å². The van der Waals surface area contributed by atoms with Gasteiger partial charge in [-0.05, 0) is 0 Å². The molecule has 6 heteroatoms. The fraction of sp³-hybridized carbons (Fsp3) is 1.00. The van der Waals surface area contributed by atoms with Crippen molar-refractivity contribution in [3.8, 4) is 0 Å². The van der Waals surface area contributed by atoms with Crippen LogP contribution in [0.4, 0.5) is 0 Å². The van der Waals surface area contributed by atoms with Gasteiger partial charge in [-0.25, -0.2) is 0 Å². The molecule has 0 aromatic carbocycles. The van der Waals surface area contributed by atoms with Gasteiger partial charge in [0.25, 0.3) is 7.82 Å². The van der Waals surface area contributed by atoms with Gasteiger partial charge in [0.2, 0.25) is 0 Å². The molecule has 0 radical (unpaired) electrons. The second-order valence-electron chi connectivity index (χ2n) is 0.812. The van der Waals surface area contributed by atoms with Crippen LogP contribution in [0.3, 0.4) is 0 Å². The van der Waals surface area contributed by atoms with Crippen molar-refractivity contribution in [2.45, 2.75) is 0 Å². The van der Waals surface area contributed by atoms with Crippen LogP contribution in [-0.2, 0) is 33.1 Å². The van der Waals surface area contributed by atoms with Crippen molar-refractivity contribution in [3.05, 3.63) is 0 Å². The topological polar surface area (TPSA) is 58.6 Å². The molecule has 0 aliphatic carbocycles. The summed E-state index contributed by atoms with van der Waals surface area (Å²) in [4.78, 5) is 9.95. The summed E-state index contributed by atoms with van der Waals surface area (Å²) in [5.41, 5.74) is 0. The molecular weight excluding hydrogens is 184 g/mol. The molecule has 0 rings (SSSR count). The van der Waals surface area contributed by atoms with Gasteiger partial charge in [-0.2, -0.15) is 0 Å². The number of hydrogen-bond donors (Lipinski definition) is 0. The Morgan fingerprint density at radius 1 is 1.38 bits per heavy atom. The Balaban J connectivity index is 0. The monoisotopic (exact) mass is 189 g/mol. The van der Waals surface area contributed by atoms with Crippen LogP contribution in [0.25, 0.3) is 0 Å². The minimum atomic E-state index is -3.90. The Morgan fingerprint density at radius 2 is 1.62 bits per heavy atom. The molecule has 0 heterocycles. The first-order valence-electron chi connectivity index (χ1n) is 1.55. The molecule has 0 N–H and O–H groups in total. The van der Waals surface area contributed by atoms with Gasteiger partial charge in [0.15, 0.2) is 0 Å². The Hall–Kier alpha value is 0.733. The van der Waals surface area contributed by atoms with Gasteiger partial charge in [-0.15, -0.1) is 0 Å². The van der Waals surface area contributed by atoms with Gasteiger partial charge in [0.05, 0.1) is 0 Å². The predicted molar refractivity (Wildman–Crippen MR) is 21.6 cm³/mol. The van der Waals surface area contributed by atoms with E-state index in [-0.39, 0.29) is 19.5 Å². The van der Waals surface area contributed by atoms with Crippen LogP contribution in [0.1, 0.15) is 0 Å². The van der Waals surface area contributed by atoms with Gasteiger partial charge in [-0.1, -0.05) is 0 Å². The zero-order chi connectivity index (χ0) is 5.91. The average Bonchev–Trinajstić information content (AvgIpc) is 1.68. The normalized spacial score (nSPS) is 10.4. The molecule has 46 valence electrons. The molecule has 8 heavy (non-hydrogen) atoms. The van der Waals surface area contributed by atoms with Crippen molar-refractivity contribution in [3.63, 3.8) is 0 Å². The molecule has 0 aliphatic heterocycles. The Morgan fingerprint density at radius 3 is 1.62 bits per heavy atom. The average molecular weight is 190 g/mol. The third-order valence-electron chi connectivity index (χ3n) is 0.447. The van der Waals surface area contributed by atoms with Crippen LogP contribution in [0.15, 0.2) is 0 Å². The fourth-order valence-corrected chi connectivity index (χ4v) is 0.224. The second kappa shape index (κ2) is 4.60. The molecule has 0 aromatic heterocycles. The Bertz CT molecular complexity index is 86.0. The molecule has 0 amide bonds. The number of phosphoric ester groups is 1. The van der Waals surface area contributed by atoms with Crippen LogP contribution < -0.4 is 4.89 Å². The molecule has 4 nitrogen and oxygen atoms in total. The van der Waals surface area contributed by atoms with E-state index in [9.17, 15) is 9.46 Å². The van der Waals surface area contributed by atoms with Crippen LogP contribution in [-0.4, -0.2) is 14.2 Å². The van der Waals surface area contributed by atoms with E-state index < -0.39 is 7.82 Å². The van der Waals surface area contributed by atoms with E-state index in [4.69, 9.17) is 0 Å². The molecule has 0 aromatic rings. The third kappa shape index (κ3) is 4.88. The first-order valence-corrected chi connectivity index (χ1v) is 3.01. The van der Waals surface area contributed by atoms with Gasteiger partial charge in [0.1, 0.15) is 0 Å². The zero-order valence-corrected chi connectivity index (χ0v) is 8.65. The van der Waals surface area contributed by atoms with E-state index in [2.05, 4.69) is 9.05 Å². The maximum absolute atomic E-state index is 9.95. The fourth-order valence-electron chi connectivity index (χ4n) is 0.0745. The summed E-state index contributed by atoms with van der Waals surface area (Å²) in [7, 11) is -1.83. The summed E-state index contributed by atoms with van der Waals surface area (Å²) in [5.74, 6) is 0. The maximum atomic E-state index is 9.95. The molecular formula is C2H6O4PZn-. The minimum Gasteiger partial charge on any atom is -0.756 e. The molecule has 0 fully saturated rings. The summed E-state index contributed by atoms with van der Waals surface area (Å²) in [6.45, 7) is 0. The maximum Gasteiger partial charge on any atom is 0.267 e. The van der Waals surface area contributed by atoms with E-state index in [1.54, 1.807) is 0 Å². The van der Waals surface area contributed by atoms with Crippen molar-refractivity contribution >= 4 is 7.82 Å². The van der Waals surface area contributed by atoms with E-state index in [0.717, 1.165) is 14.2 Å². The van der Waals surface area contributed by atoms with Crippen molar-refractivity contribution in [2.24, 2.45) is 0 Å². The van der Waals surface area contributed by atoms with E-state index in [1.807, 2.05) is 0 Å². The second-order valence-corrected chi connectivity index (χ2v) is 2.44. The van der Waals surface area contributed by atoms with Crippen molar-refractivity contribution < 1.29 is 38.0 Å². The van der Waals surface area contributed by atoms with Crippen molar-refractivity contribution in [1.29, 1.82) is 0 Å². The molecule has 0 bridgehead atoms. The van der Waals surface area contributed by atoms with Crippen LogP contribution in [0.2, 0.25) is 0 Å². The summed E-state index contributed by atoms with van der Waals surface area (Å²) in [6.07, 6.45) is 0. The molecule has 0 spiro atoms. The van der Waals surface area contributed by atoms with E-state index in [1.165, 1.54) is 0 Å². The van der Waals surface area contributed by atoms with Crippen molar-refractivity contribution in [2.75, 3.05) is 14.2 Å². The quantitative estimate of drug-likeness (QED) is 0.445. The van der Waals surface area contributed by atoms with Gasteiger partial charge < -0.3 is 13.9 Å².